The highest BCUT2D eigenvalue weighted by molar-refractivity contribution is 6.15. The molecule has 8 heteroatoms. The van der Waals surface area contributed by atoms with Crippen LogP contribution in [-0.4, -0.2) is 22.9 Å². The van der Waals surface area contributed by atoms with Crippen LogP contribution in [0.5, 0.6) is 0 Å². The SMILES string of the molecule is COC(=O)c1cc(C(F)(F)F)nn1CCl. The second kappa shape index (κ2) is 4.09. The molecule has 15 heavy (non-hydrogen) atoms. The van der Waals surface area contributed by atoms with Crippen LogP contribution >= 0.6 is 11.6 Å². The van der Waals surface area contributed by atoms with Crippen molar-refractivity contribution in [3.05, 3.63) is 17.5 Å². The quantitative estimate of drug-likeness (QED) is 0.588. The van der Waals surface area contributed by atoms with Crippen LogP contribution in [0.4, 0.5) is 13.2 Å². The van der Waals surface area contributed by atoms with Gasteiger partial charge >= 0.3 is 12.1 Å². The third kappa shape index (κ3) is 2.41. The number of halogens is 4. The Hall–Kier alpha value is -1.24. The lowest BCUT2D eigenvalue weighted by atomic mass is 10.3. The lowest BCUT2D eigenvalue weighted by Crippen LogP contribution is -2.10. The van der Waals surface area contributed by atoms with Gasteiger partial charge in [0, 0.05) is 6.07 Å². The number of aromatic nitrogens is 2. The molecule has 0 spiro atoms. The maximum Gasteiger partial charge on any atom is 0.435 e. The number of hydrogen-bond donors (Lipinski definition) is 0. The van der Waals surface area contributed by atoms with E-state index in [0.717, 1.165) is 11.8 Å². The Morgan fingerprint density at radius 2 is 2.27 bits per heavy atom. The Morgan fingerprint density at radius 3 is 2.67 bits per heavy atom. The Labute approximate surface area is 87.6 Å². The predicted octanol–water partition coefficient (Wildman–Crippen LogP) is 1.88. The monoisotopic (exact) mass is 242 g/mol. The molecule has 0 amide bonds. The molecule has 0 fully saturated rings. The van der Waals surface area contributed by atoms with Crippen molar-refractivity contribution in [2.24, 2.45) is 0 Å². The molecule has 0 unspecified atom stereocenters. The first kappa shape index (κ1) is 11.8. The van der Waals surface area contributed by atoms with Crippen molar-refractivity contribution in [1.82, 2.24) is 9.78 Å². The topological polar surface area (TPSA) is 44.1 Å². The van der Waals surface area contributed by atoms with Gasteiger partial charge in [-0.05, 0) is 0 Å². The molecule has 0 saturated carbocycles. The number of carbonyl (C=O) groups is 1. The molecule has 1 aromatic rings. The van der Waals surface area contributed by atoms with Crippen molar-refractivity contribution in [2.75, 3.05) is 7.11 Å². The number of carbonyl (C=O) groups excluding carboxylic acids is 1. The van der Waals surface area contributed by atoms with E-state index in [4.69, 9.17) is 11.6 Å². The van der Waals surface area contributed by atoms with Gasteiger partial charge < -0.3 is 4.74 Å². The molecule has 1 heterocycles. The summed E-state index contributed by atoms with van der Waals surface area (Å²) in [6.07, 6.45) is -4.61. The van der Waals surface area contributed by atoms with Crippen molar-refractivity contribution in [2.45, 2.75) is 12.2 Å². The van der Waals surface area contributed by atoms with Crippen molar-refractivity contribution < 1.29 is 22.7 Å². The van der Waals surface area contributed by atoms with Gasteiger partial charge in [0.2, 0.25) is 0 Å². The van der Waals surface area contributed by atoms with Gasteiger partial charge in [-0.3, -0.25) is 0 Å². The van der Waals surface area contributed by atoms with Gasteiger partial charge in [0.15, 0.2) is 5.69 Å². The fourth-order valence-electron chi connectivity index (χ4n) is 0.915. The molecule has 0 radical (unpaired) electrons. The molecule has 0 aliphatic carbocycles. The molecule has 4 nitrogen and oxygen atoms in total. The zero-order valence-corrected chi connectivity index (χ0v) is 8.26. The molecule has 0 aliphatic rings. The molecule has 84 valence electrons. The summed E-state index contributed by atoms with van der Waals surface area (Å²) in [5.74, 6) is -0.918. The summed E-state index contributed by atoms with van der Waals surface area (Å²) in [5, 5.41) is 3.13. The molecular weight excluding hydrogens is 237 g/mol. The van der Waals surface area contributed by atoms with E-state index in [0.29, 0.717) is 6.07 Å². The second-order valence-corrected chi connectivity index (χ2v) is 2.76. The van der Waals surface area contributed by atoms with Crippen molar-refractivity contribution >= 4 is 17.6 Å². The number of nitrogens with zero attached hydrogens (tertiary/aromatic N) is 2. The Bertz CT molecular complexity index is 375. The van der Waals surface area contributed by atoms with E-state index in [1.165, 1.54) is 0 Å². The average Bonchev–Trinajstić information content (AvgIpc) is 2.59. The fraction of sp³-hybridized carbons (Fsp3) is 0.429. The third-order valence-electron chi connectivity index (χ3n) is 1.58. The number of esters is 1. The van der Waals surface area contributed by atoms with Crippen LogP contribution in [0.25, 0.3) is 0 Å². The van der Waals surface area contributed by atoms with E-state index >= 15 is 0 Å². The maximum atomic E-state index is 12.2. The second-order valence-electron chi connectivity index (χ2n) is 2.52. The van der Waals surface area contributed by atoms with Crippen LogP contribution in [0, 0.1) is 0 Å². The standard InChI is InChI=1S/C7H6ClF3N2O2/c1-15-6(14)4-2-5(7(9,10)11)12-13(4)3-8/h2H,3H2,1H3. The summed E-state index contributed by atoms with van der Waals surface area (Å²) < 4.78 is 41.6. The van der Waals surface area contributed by atoms with Gasteiger partial charge in [-0.25, -0.2) is 9.48 Å². The zero-order valence-electron chi connectivity index (χ0n) is 7.51. The van der Waals surface area contributed by atoms with E-state index in [1.807, 2.05) is 0 Å². The number of ether oxygens (including phenoxy) is 1. The minimum Gasteiger partial charge on any atom is -0.464 e. The maximum absolute atomic E-state index is 12.2. The van der Waals surface area contributed by atoms with Crippen molar-refractivity contribution in [3.8, 4) is 0 Å². The summed E-state index contributed by atoms with van der Waals surface area (Å²) in [7, 11) is 1.06. The first-order valence-corrected chi connectivity index (χ1v) is 4.23. The van der Waals surface area contributed by atoms with Crippen LogP contribution in [0.2, 0.25) is 0 Å². The number of alkyl halides is 4. The third-order valence-corrected chi connectivity index (χ3v) is 1.80. The molecule has 0 aliphatic heterocycles. The van der Waals surface area contributed by atoms with Gasteiger partial charge in [-0.15, -0.1) is 11.6 Å². The Balaban J connectivity index is 3.17. The summed E-state index contributed by atoms with van der Waals surface area (Å²) in [6, 6.07) is 0.231. The van der Waals surface area contributed by atoms with E-state index in [9.17, 15) is 18.0 Å². The van der Waals surface area contributed by atoms with Gasteiger partial charge in [0.25, 0.3) is 0 Å². The lowest BCUT2D eigenvalue weighted by Gasteiger charge is -2.00. The summed E-state index contributed by atoms with van der Waals surface area (Å²) >= 11 is 5.32. The normalized spacial score (nSPS) is 11.5. The molecule has 0 saturated heterocycles. The predicted molar refractivity (Wildman–Crippen MR) is 44.4 cm³/mol. The Morgan fingerprint density at radius 1 is 1.67 bits per heavy atom. The lowest BCUT2D eigenvalue weighted by molar-refractivity contribution is -0.141. The number of rotatable bonds is 2. The largest absolute Gasteiger partial charge is 0.464 e. The highest BCUT2D eigenvalue weighted by Crippen LogP contribution is 2.28. The highest BCUT2D eigenvalue weighted by Gasteiger charge is 2.35. The van der Waals surface area contributed by atoms with E-state index in [1.54, 1.807) is 0 Å². The molecule has 0 N–H and O–H groups in total. The number of hydrogen-bond acceptors (Lipinski definition) is 3. The first-order valence-electron chi connectivity index (χ1n) is 3.69. The average molecular weight is 243 g/mol. The van der Waals surface area contributed by atoms with Gasteiger partial charge in [-0.1, -0.05) is 0 Å². The van der Waals surface area contributed by atoms with Crippen LogP contribution < -0.4 is 0 Å². The van der Waals surface area contributed by atoms with Gasteiger partial charge in [-0.2, -0.15) is 18.3 Å². The molecule has 1 aromatic heterocycles. The first-order chi connectivity index (χ1) is 6.90. The van der Waals surface area contributed by atoms with Crippen LogP contribution in [0.3, 0.4) is 0 Å². The molecule has 0 aromatic carbocycles. The summed E-state index contributed by atoms with van der Waals surface area (Å²) in [5.41, 5.74) is -1.51. The minimum atomic E-state index is -4.61. The molecule has 0 atom stereocenters. The van der Waals surface area contributed by atoms with Crippen LogP contribution in [0.15, 0.2) is 6.07 Å². The Kier molecular flexibility index (Phi) is 3.23. The van der Waals surface area contributed by atoms with E-state index in [-0.39, 0.29) is 11.7 Å². The van der Waals surface area contributed by atoms with E-state index < -0.39 is 17.8 Å². The summed E-state index contributed by atoms with van der Waals surface area (Å²) in [4.78, 5) is 11.0. The van der Waals surface area contributed by atoms with Crippen molar-refractivity contribution in [1.29, 1.82) is 0 Å². The molecule has 1 rings (SSSR count). The molecule has 0 bridgehead atoms. The van der Waals surface area contributed by atoms with Crippen LogP contribution in [0.1, 0.15) is 16.2 Å². The minimum absolute atomic E-state index is 0.333. The van der Waals surface area contributed by atoms with Gasteiger partial charge in [0.05, 0.1) is 7.11 Å². The highest BCUT2D eigenvalue weighted by atomic mass is 35.5. The van der Waals surface area contributed by atoms with Crippen molar-refractivity contribution in [3.63, 3.8) is 0 Å². The van der Waals surface area contributed by atoms with Gasteiger partial charge in [0.1, 0.15) is 11.7 Å². The molecular formula is C7H6ClF3N2O2. The smallest absolute Gasteiger partial charge is 0.435 e. The van der Waals surface area contributed by atoms with E-state index in [2.05, 4.69) is 9.84 Å². The summed E-state index contributed by atoms with van der Waals surface area (Å²) in [6.45, 7) is 0. The number of methoxy groups -OCH3 is 1. The zero-order chi connectivity index (χ0) is 11.6. The van der Waals surface area contributed by atoms with Crippen LogP contribution in [-0.2, 0) is 16.9 Å². The fourth-order valence-corrected chi connectivity index (χ4v) is 1.10.